The number of hydrogen-bond acceptors (Lipinski definition) is 11. The molecule has 5 atom stereocenters. The van der Waals surface area contributed by atoms with Gasteiger partial charge < -0.3 is 34.0 Å². The summed E-state index contributed by atoms with van der Waals surface area (Å²) in [5, 5.41) is 4.34. The predicted molar refractivity (Wildman–Crippen MR) is 151 cm³/mol. The van der Waals surface area contributed by atoms with E-state index in [0.29, 0.717) is 10.9 Å². The van der Waals surface area contributed by atoms with Crippen LogP contribution in [0.2, 0.25) is 0 Å². The van der Waals surface area contributed by atoms with Crippen molar-refractivity contribution in [1.82, 2.24) is 15.3 Å². The van der Waals surface area contributed by atoms with Gasteiger partial charge >= 0.3 is 23.9 Å². The van der Waals surface area contributed by atoms with Crippen LogP contribution in [-0.4, -0.2) is 77.0 Å². The molecule has 1 fully saturated rings. The summed E-state index contributed by atoms with van der Waals surface area (Å²) >= 11 is 0. The van der Waals surface area contributed by atoms with Gasteiger partial charge in [-0.15, -0.1) is 0 Å². The van der Waals surface area contributed by atoms with E-state index in [2.05, 4.69) is 10.3 Å². The zero-order chi connectivity index (χ0) is 30.8. The summed E-state index contributed by atoms with van der Waals surface area (Å²) in [4.78, 5) is 69.3. The first-order chi connectivity index (χ1) is 20.5. The van der Waals surface area contributed by atoms with Crippen LogP contribution in [0.25, 0.3) is 32.8 Å². The minimum Gasteiger partial charge on any atom is -0.463 e. The van der Waals surface area contributed by atoms with Gasteiger partial charge in [0, 0.05) is 49.5 Å². The first kappa shape index (κ1) is 29.5. The predicted octanol–water partition coefficient (Wildman–Crippen LogP) is 2.68. The molecule has 3 heterocycles. The van der Waals surface area contributed by atoms with E-state index in [9.17, 15) is 24.0 Å². The Morgan fingerprint density at radius 2 is 1.49 bits per heavy atom. The summed E-state index contributed by atoms with van der Waals surface area (Å²) in [5.41, 5.74) is 3.27. The Hall–Kier alpha value is -5.04. The number of rotatable bonds is 7. The number of ether oxygens (including phenoxy) is 5. The normalized spacial score (nSPS) is 21.7. The summed E-state index contributed by atoms with van der Waals surface area (Å²) < 4.78 is 27.3. The maximum atomic E-state index is 13.6. The number of pyridine rings is 1. The Bertz CT molecular complexity index is 1750. The Labute approximate surface area is 244 Å². The molecule has 5 rings (SSSR count). The largest absolute Gasteiger partial charge is 0.463 e. The molecule has 4 aromatic rings. The number of amides is 1. The zero-order valence-corrected chi connectivity index (χ0v) is 23.7. The fraction of sp³-hybridized carbons (Fsp3) is 0.333. The van der Waals surface area contributed by atoms with Gasteiger partial charge in [0.15, 0.2) is 24.5 Å². The van der Waals surface area contributed by atoms with Gasteiger partial charge in [-0.05, 0) is 30.3 Å². The number of para-hydroxylation sites is 1. The van der Waals surface area contributed by atoms with Gasteiger partial charge in [-0.3, -0.25) is 24.0 Å². The van der Waals surface area contributed by atoms with E-state index in [-0.39, 0.29) is 5.56 Å². The van der Waals surface area contributed by atoms with Gasteiger partial charge in [0.1, 0.15) is 12.7 Å². The highest BCUT2D eigenvalue weighted by Gasteiger charge is 2.52. The summed E-state index contributed by atoms with van der Waals surface area (Å²) in [6.45, 7) is 4.13. The molecule has 2 aromatic heterocycles. The third-order valence-electron chi connectivity index (χ3n) is 6.79. The molecule has 1 aliphatic rings. The van der Waals surface area contributed by atoms with Crippen molar-refractivity contribution in [3.63, 3.8) is 0 Å². The molecular weight excluding hydrogens is 562 g/mol. The van der Waals surface area contributed by atoms with Crippen LogP contribution in [0.15, 0.2) is 48.5 Å². The lowest BCUT2D eigenvalue weighted by atomic mass is 9.97. The van der Waals surface area contributed by atoms with Crippen LogP contribution in [0, 0.1) is 0 Å². The average Bonchev–Trinajstić information content (AvgIpc) is 3.29. The molecule has 0 bridgehead atoms. The summed E-state index contributed by atoms with van der Waals surface area (Å²) in [6, 6.07) is 14.7. The van der Waals surface area contributed by atoms with E-state index in [0.717, 1.165) is 42.7 Å². The standard InChI is InChI=1S/C30H29N3O10/c1-14(34)39-13-24-26(40-15(2)35)27(41-16(3)36)28(42-17(4)37)30(43-24)33-29(38)19-9-10-22-20(11-19)25-23(31-22)12-18-7-5-6-8-21(18)32-25/h5-12,24,26-28,30-31H,13H2,1-4H3,(H,33,38)/t24-,26-,27+,28-,30-/m1/s1. The van der Waals surface area contributed by atoms with Crippen LogP contribution in [0.3, 0.4) is 0 Å². The molecule has 0 saturated carbocycles. The number of hydrogen-bond donors (Lipinski definition) is 2. The highest BCUT2D eigenvalue weighted by Crippen LogP contribution is 2.30. The number of aromatic nitrogens is 2. The molecule has 0 spiro atoms. The van der Waals surface area contributed by atoms with E-state index < -0.39 is 67.0 Å². The number of H-pyrrole nitrogens is 1. The Morgan fingerprint density at radius 3 is 2.19 bits per heavy atom. The van der Waals surface area contributed by atoms with Crippen molar-refractivity contribution >= 4 is 62.6 Å². The number of fused-ring (bicyclic) bond motifs is 4. The monoisotopic (exact) mass is 591 g/mol. The van der Waals surface area contributed by atoms with Crippen LogP contribution >= 0.6 is 0 Å². The maximum absolute atomic E-state index is 13.6. The average molecular weight is 592 g/mol. The van der Waals surface area contributed by atoms with E-state index in [1.807, 2.05) is 30.3 Å². The topological polar surface area (TPSA) is 172 Å². The summed E-state index contributed by atoms with van der Waals surface area (Å²) in [6.07, 6.45) is -6.75. The number of benzene rings is 2. The van der Waals surface area contributed by atoms with Gasteiger partial charge in [0.25, 0.3) is 5.91 Å². The molecule has 0 unspecified atom stereocenters. The van der Waals surface area contributed by atoms with Crippen molar-refractivity contribution < 1.29 is 47.7 Å². The highest BCUT2D eigenvalue weighted by molar-refractivity contribution is 6.10. The minimum absolute atomic E-state index is 0.233. The van der Waals surface area contributed by atoms with Crippen LogP contribution in [0.5, 0.6) is 0 Å². The van der Waals surface area contributed by atoms with E-state index in [1.165, 1.54) is 6.92 Å². The second-order valence-corrected chi connectivity index (χ2v) is 10.1. The molecule has 1 saturated heterocycles. The van der Waals surface area contributed by atoms with Crippen LogP contribution < -0.4 is 5.32 Å². The molecule has 2 aromatic carbocycles. The number of aromatic amines is 1. The molecule has 0 radical (unpaired) electrons. The second-order valence-electron chi connectivity index (χ2n) is 10.1. The second kappa shape index (κ2) is 12.1. The fourth-order valence-corrected chi connectivity index (χ4v) is 5.11. The number of esters is 4. The smallest absolute Gasteiger partial charge is 0.303 e. The van der Waals surface area contributed by atoms with E-state index in [1.54, 1.807) is 18.2 Å². The van der Waals surface area contributed by atoms with E-state index >= 15 is 0 Å². The van der Waals surface area contributed by atoms with Gasteiger partial charge in [0.2, 0.25) is 0 Å². The molecule has 43 heavy (non-hydrogen) atoms. The molecule has 13 heteroatoms. The van der Waals surface area contributed by atoms with Crippen molar-refractivity contribution in [2.24, 2.45) is 0 Å². The van der Waals surface area contributed by atoms with Crippen LogP contribution in [0.4, 0.5) is 0 Å². The summed E-state index contributed by atoms with van der Waals surface area (Å²) in [5.74, 6) is -3.56. The quantitative estimate of drug-likeness (QED) is 0.239. The number of carbonyl (C=O) groups is 5. The lowest BCUT2D eigenvalue weighted by Gasteiger charge is -2.44. The molecule has 1 aliphatic heterocycles. The minimum atomic E-state index is -1.42. The lowest BCUT2D eigenvalue weighted by Crippen LogP contribution is -2.66. The van der Waals surface area contributed by atoms with Gasteiger partial charge in [-0.1, -0.05) is 18.2 Å². The highest BCUT2D eigenvalue weighted by atomic mass is 16.7. The first-order valence-electron chi connectivity index (χ1n) is 13.4. The van der Waals surface area contributed by atoms with Crippen molar-refractivity contribution in [2.75, 3.05) is 6.61 Å². The molecule has 1 amide bonds. The first-order valence-corrected chi connectivity index (χ1v) is 13.4. The number of nitrogens with zero attached hydrogens (tertiary/aromatic N) is 1. The van der Waals surface area contributed by atoms with E-state index in [4.69, 9.17) is 28.7 Å². The maximum Gasteiger partial charge on any atom is 0.303 e. The molecule has 0 aliphatic carbocycles. The number of carbonyl (C=O) groups excluding carboxylic acids is 5. The SMILES string of the molecule is CC(=O)OC[C@H]1O[C@@H](NC(=O)c2ccc3[nH]c4cc5ccccc5nc4c3c2)[C@H](OC(C)=O)[C@@H](OC(C)=O)[C@@H]1OC(C)=O. The molecule has 224 valence electrons. The molecule has 13 nitrogen and oxygen atoms in total. The third kappa shape index (κ3) is 6.41. The Morgan fingerprint density at radius 1 is 0.814 bits per heavy atom. The summed E-state index contributed by atoms with van der Waals surface area (Å²) in [7, 11) is 0. The van der Waals surface area contributed by atoms with Gasteiger partial charge in [0.05, 0.1) is 16.6 Å². The van der Waals surface area contributed by atoms with Gasteiger partial charge in [-0.25, -0.2) is 4.98 Å². The van der Waals surface area contributed by atoms with Gasteiger partial charge in [-0.2, -0.15) is 0 Å². The molecule has 2 N–H and O–H groups in total. The number of nitrogens with one attached hydrogen (secondary N) is 2. The fourth-order valence-electron chi connectivity index (χ4n) is 5.11. The van der Waals surface area contributed by atoms with Crippen LogP contribution in [-0.2, 0) is 42.9 Å². The van der Waals surface area contributed by atoms with Crippen molar-refractivity contribution in [3.05, 3.63) is 54.1 Å². The van der Waals surface area contributed by atoms with Crippen molar-refractivity contribution in [2.45, 2.75) is 58.3 Å². The van der Waals surface area contributed by atoms with Crippen LogP contribution in [0.1, 0.15) is 38.1 Å². The zero-order valence-electron chi connectivity index (χ0n) is 23.7. The van der Waals surface area contributed by atoms with Crippen molar-refractivity contribution in [3.8, 4) is 0 Å². The lowest BCUT2D eigenvalue weighted by molar-refractivity contribution is -0.255. The molecular formula is C30H29N3O10. The third-order valence-corrected chi connectivity index (χ3v) is 6.79. The Kier molecular flexibility index (Phi) is 8.26. The van der Waals surface area contributed by atoms with Crippen molar-refractivity contribution in [1.29, 1.82) is 0 Å². The Balaban J connectivity index is 1.49.